The predicted molar refractivity (Wildman–Crippen MR) is 103 cm³/mol. The number of rotatable bonds is 8. The van der Waals surface area contributed by atoms with Gasteiger partial charge in [-0.3, -0.25) is 0 Å². The standard InChI is InChI=1S/C18H22ClN3O3S/c1-2-22-26(24,25)17-8-6-14(7-9-17)10-11-20-18(23)21-13-15-4-3-5-16(19)12-15/h3-9,12,22H,2,10-11,13H2,1H3,(H2,20,21,23). The van der Waals surface area contributed by atoms with Crippen LogP contribution in [0.2, 0.25) is 5.02 Å². The van der Waals surface area contributed by atoms with Crippen LogP contribution in [0.25, 0.3) is 0 Å². The van der Waals surface area contributed by atoms with Crippen LogP contribution in [0.15, 0.2) is 53.4 Å². The summed E-state index contributed by atoms with van der Waals surface area (Å²) in [6.07, 6.45) is 0.603. The van der Waals surface area contributed by atoms with Crippen LogP contribution < -0.4 is 15.4 Å². The van der Waals surface area contributed by atoms with E-state index in [2.05, 4.69) is 15.4 Å². The Bertz CT molecular complexity index is 839. The molecule has 0 spiro atoms. The Labute approximate surface area is 159 Å². The van der Waals surface area contributed by atoms with Gasteiger partial charge in [0.1, 0.15) is 0 Å². The van der Waals surface area contributed by atoms with Crippen molar-refractivity contribution in [1.29, 1.82) is 0 Å². The third-order valence-corrected chi connectivity index (χ3v) is 5.41. The minimum absolute atomic E-state index is 0.232. The minimum atomic E-state index is -3.44. The monoisotopic (exact) mass is 395 g/mol. The average Bonchev–Trinajstić information content (AvgIpc) is 2.60. The Morgan fingerprint density at radius 3 is 2.42 bits per heavy atom. The average molecular weight is 396 g/mol. The van der Waals surface area contributed by atoms with E-state index in [1.807, 2.05) is 12.1 Å². The highest BCUT2D eigenvalue weighted by Gasteiger charge is 2.11. The molecular formula is C18H22ClN3O3S. The number of amides is 2. The number of benzene rings is 2. The molecule has 0 radical (unpaired) electrons. The number of hydrogen-bond acceptors (Lipinski definition) is 3. The van der Waals surface area contributed by atoms with Gasteiger partial charge in [0.15, 0.2) is 0 Å². The van der Waals surface area contributed by atoms with Gasteiger partial charge in [-0.05, 0) is 41.8 Å². The fraction of sp³-hybridized carbons (Fsp3) is 0.278. The molecule has 8 heteroatoms. The number of urea groups is 1. The molecule has 0 saturated carbocycles. The highest BCUT2D eigenvalue weighted by Crippen LogP contribution is 2.11. The van der Waals surface area contributed by atoms with Gasteiger partial charge in [0.05, 0.1) is 4.90 Å². The molecule has 2 aromatic rings. The number of hydrogen-bond donors (Lipinski definition) is 3. The highest BCUT2D eigenvalue weighted by atomic mass is 35.5. The van der Waals surface area contributed by atoms with Crippen molar-refractivity contribution in [3.8, 4) is 0 Å². The maximum absolute atomic E-state index is 11.9. The molecule has 26 heavy (non-hydrogen) atoms. The first-order valence-electron chi connectivity index (χ1n) is 8.25. The summed E-state index contributed by atoms with van der Waals surface area (Å²) in [6.45, 7) is 2.91. The van der Waals surface area contributed by atoms with Crippen molar-refractivity contribution in [2.45, 2.75) is 24.8 Å². The lowest BCUT2D eigenvalue weighted by molar-refractivity contribution is 0.240. The van der Waals surface area contributed by atoms with Crippen LogP contribution >= 0.6 is 11.6 Å². The van der Waals surface area contributed by atoms with Gasteiger partial charge in [-0.2, -0.15) is 0 Å². The lowest BCUT2D eigenvalue weighted by Crippen LogP contribution is -2.36. The largest absolute Gasteiger partial charge is 0.338 e. The van der Waals surface area contributed by atoms with Crippen LogP contribution in [-0.2, 0) is 23.0 Å². The van der Waals surface area contributed by atoms with Crippen molar-refractivity contribution in [3.05, 3.63) is 64.7 Å². The fourth-order valence-corrected chi connectivity index (χ4v) is 3.57. The second-order valence-electron chi connectivity index (χ2n) is 5.63. The second-order valence-corrected chi connectivity index (χ2v) is 7.84. The summed E-state index contributed by atoms with van der Waals surface area (Å²) >= 11 is 5.90. The lowest BCUT2D eigenvalue weighted by Gasteiger charge is -2.09. The molecule has 0 aliphatic carbocycles. The van der Waals surface area contributed by atoms with Gasteiger partial charge in [0.25, 0.3) is 0 Å². The van der Waals surface area contributed by atoms with Gasteiger partial charge < -0.3 is 10.6 Å². The van der Waals surface area contributed by atoms with E-state index in [4.69, 9.17) is 11.6 Å². The maximum Gasteiger partial charge on any atom is 0.315 e. The van der Waals surface area contributed by atoms with E-state index in [0.717, 1.165) is 11.1 Å². The summed E-state index contributed by atoms with van der Waals surface area (Å²) in [7, 11) is -3.44. The zero-order valence-corrected chi connectivity index (χ0v) is 16.0. The number of carbonyl (C=O) groups excluding carboxylic acids is 1. The summed E-state index contributed by atoms with van der Waals surface area (Å²) in [4.78, 5) is 12.0. The number of carbonyl (C=O) groups is 1. The molecule has 0 heterocycles. The molecule has 0 fully saturated rings. The molecule has 2 aromatic carbocycles. The smallest absolute Gasteiger partial charge is 0.315 e. The molecule has 2 rings (SSSR count). The Morgan fingerprint density at radius 1 is 1.04 bits per heavy atom. The first-order valence-corrected chi connectivity index (χ1v) is 10.1. The molecule has 0 atom stereocenters. The van der Waals surface area contributed by atoms with Gasteiger partial charge in [0.2, 0.25) is 10.0 Å². The Kier molecular flexibility index (Phi) is 7.44. The molecule has 0 bridgehead atoms. The lowest BCUT2D eigenvalue weighted by atomic mass is 10.1. The van der Waals surface area contributed by atoms with Crippen molar-refractivity contribution >= 4 is 27.7 Å². The molecule has 0 unspecified atom stereocenters. The first-order chi connectivity index (χ1) is 12.4. The number of halogens is 1. The van der Waals surface area contributed by atoms with Crippen molar-refractivity contribution < 1.29 is 13.2 Å². The molecule has 6 nitrogen and oxygen atoms in total. The van der Waals surface area contributed by atoms with Crippen molar-refractivity contribution in [3.63, 3.8) is 0 Å². The topological polar surface area (TPSA) is 87.3 Å². The van der Waals surface area contributed by atoms with Crippen LogP contribution in [0.5, 0.6) is 0 Å². The van der Waals surface area contributed by atoms with Gasteiger partial charge >= 0.3 is 6.03 Å². The first kappa shape index (κ1) is 20.2. The van der Waals surface area contributed by atoms with E-state index in [1.165, 1.54) is 0 Å². The predicted octanol–water partition coefficient (Wildman–Crippen LogP) is 2.68. The molecule has 0 saturated heterocycles. The van der Waals surface area contributed by atoms with Gasteiger partial charge in [0, 0.05) is 24.7 Å². The number of sulfonamides is 1. The third kappa shape index (κ3) is 6.33. The summed E-state index contributed by atoms with van der Waals surface area (Å²) in [6, 6.07) is 13.6. The molecular weight excluding hydrogens is 374 g/mol. The van der Waals surface area contributed by atoms with E-state index in [0.29, 0.717) is 31.1 Å². The normalized spacial score (nSPS) is 11.2. The van der Waals surface area contributed by atoms with E-state index in [1.54, 1.807) is 43.3 Å². The summed E-state index contributed by atoms with van der Waals surface area (Å²) < 4.78 is 26.2. The Morgan fingerprint density at radius 2 is 1.77 bits per heavy atom. The SMILES string of the molecule is CCNS(=O)(=O)c1ccc(CCNC(=O)NCc2cccc(Cl)c2)cc1. The minimum Gasteiger partial charge on any atom is -0.338 e. The van der Waals surface area contributed by atoms with Crippen LogP contribution in [0.4, 0.5) is 4.79 Å². The van der Waals surface area contributed by atoms with E-state index >= 15 is 0 Å². The van der Waals surface area contributed by atoms with Crippen molar-refractivity contribution in [2.24, 2.45) is 0 Å². The molecule has 2 amide bonds. The van der Waals surface area contributed by atoms with Crippen LogP contribution in [0.3, 0.4) is 0 Å². The molecule has 140 valence electrons. The zero-order valence-electron chi connectivity index (χ0n) is 14.5. The van der Waals surface area contributed by atoms with Crippen molar-refractivity contribution in [1.82, 2.24) is 15.4 Å². The van der Waals surface area contributed by atoms with Crippen LogP contribution in [0.1, 0.15) is 18.1 Å². The quantitative estimate of drug-likeness (QED) is 0.642. The van der Waals surface area contributed by atoms with Gasteiger partial charge in [-0.1, -0.05) is 42.8 Å². The van der Waals surface area contributed by atoms with Gasteiger partial charge in [-0.15, -0.1) is 0 Å². The zero-order chi connectivity index (χ0) is 19.0. The highest BCUT2D eigenvalue weighted by molar-refractivity contribution is 7.89. The summed E-state index contributed by atoms with van der Waals surface area (Å²) in [5, 5.41) is 6.16. The van der Waals surface area contributed by atoms with E-state index < -0.39 is 10.0 Å². The van der Waals surface area contributed by atoms with E-state index in [-0.39, 0.29) is 10.9 Å². The molecule has 0 aromatic heterocycles. The Balaban J connectivity index is 1.76. The fourth-order valence-electron chi connectivity index (χ4n) is 2.32. The van der Waals surface area contributed by atoms with Crippen molar-refractivity contribution in [2.75, 3.05) is 13.1 Å². The van der Waals surface area contributed by atoms with Crippen LogP contribution in [0, 0.1) is 0 Å². The van der Waals surface area contributed by atoms with Gasteiger partial charge in [-0.25, -0.2) is 17.9 Å². The molecule has 0 aliphatic rings. The molecule has 3 N–H and O–H groups in total. The Hall–Kier alpha value is -2.09. The third-order valence-electron chi connectivity index (χ3n) is 3.61. The second kappa shape index (κ2) is 9.56. The summed E-state index contributed by atoms with van der Waals surface area (Å²) in [5.74, 6) is 0. The maximum atomic E-state index is 11.9. The van der Waals surface area contributed by atoms with E-state index in [9.17, 15) is 13.2 Å². The van der Waals surface area contributed by atoms with Crippen LogP contribution in [-0.4, -0.2) is 27.5 Å². The summed E-state index contributed by atoms with van der Waals surface area (Å²) in [5.41, 5.74) is 1.86. The molecule has 0 aliphatic heterocycles. The number of nitrogens with one attached hydrogen (secondary N) is 3.